The molecule has 0 spiro atoms. The van der Waals surface area contributed by atoms with Crippen LogP contribution in [0.3, 0.4) is 0 Å². The van der Waals surface area contributed by atoms with Crippen LogP contribution in [0.15, 0.2) is 65.8 Å². The zero-order valence-corrected chi connectivity index (χ0v) is 13.3. The van der Waals surface area contributed by atoms with E-state index in [0.29, 0.717) is 16.4 Å². The monoisotopic (exact) mass is 332 g/mol. The fraction of sp³-hybridized carbons (Fsp3) is 0.0625. The smallest absolute Gasteiger partial charge is 0.176 e. The van der Waals surface area contributed by atoms with E-state index in [2.05, 4.69) is 4.98 Å². The molecule has 1 aromatic heterocycles. The number of nitrogens with zero attached hydrogens (tertiary/aromatic N) is 2. The Morgan fingerprint density at radius 1 is 1.05 bits per heavy atom. The highest BCUT2D eigenvalue weighted by Crippen LogP contribution is 2.30. The van der Waals surface area contributed by atoms with Gasteiger partial charge >= 0.3 is 0 Å². The van der Waals surface area contributed by atoms with Crippen molar-refractivity contribution in [3.8, 4) is 17.1 Å². The molecule has 0 aliphatic carbocycles. The predicted molar refractivity (Wildman–Crippen MR) is 87.1 cm³/mol. The first-order chi connectivity index (χ1) is 10.5. The molecular weight excluding hydrogens is 320 g/mol. The maximum atomic E-state index is 12.0. The Morgan fingerprint density at radius 2 is 1.73 bits per heavy atom. The molecule has 1 heterocycles. The molecule has 2 aromatic carbocycles. The van der Waals surface area contributed by atoms with Gasteiger partial charge in [0.2, 0.25) is 0 Å². The van der Waals surface area contributed by atoms with E-state index in [4.69, 9.17) is 11.6 Å². The van der Waals surface area contributed by atoms with E-state index in [1.54, 1.807) is 47.3 Å². The molecule has 0 bridgehead atoms. The van der Waals surface area contributed by atoms with E-state index >= 15 is 0 Å². The molecule has 6 heteroatoms. The van der Waals surface area contributed by atoms with E-state index in [0.717, 1.165) is 5.69 Å². The van der Waals surface area contributed by atoms with Crippen LogP contribution in [0.5, 0.6) is 0 Å². The van der Waals surface area contributed by atoms with Crippen LogP contribution >= 0.6 is 11.6 Å². The van der Waals surface area contributed by atoms with Gasteiger partial charge in [0, 0.05) is 24.2 Å². The number of hydrogen-bond acceptors (Lipinski definition) is 3. The van der Waals surface area contributed by atoms with Gasteiger partial charge in [-0.15, -0.1) is 0 Å². The van der Waals surface area contributed by atoms with Crippen molar-refractivity contribution < 1.29 is 8.42 Å². The van der Waals surface area contributed by atoms with Crippen LogP contribution in [0.1, 0.15) is 0 Å². The molecule has 3 rings (SSSR count). The first-order valence-electron chi connectivity index (χ1n) is 6.56. The second-order valence-electron chi connectivity index (χ2n) is 4.84. The summed E-state index contributed by atoms with van der Waals surface area (Å²) >= 11 is 6.24. The molecule has 0 N–H and O–H groups in total. The number of benzene rings is 2. The summed E-state index contributed by atoms with van der Waals surface area (Å²) < 4.78 is 25.8. The van der Waals surface area contributed by atoms with Crippen molar-refractivity contribution in [2.45, 2.75) is 4.90 Å². The molecular formula is C16H13ClN2O2S. The Morgan fingerprint density at radius 3 is 2.45 bits per heavy atom. The third-order valence-electron chi connectivity index (χ3n) is 3.28. The highest BCUT2D eigenvalue weighted by molar-refractivity contribution is 7.90. The minimum Gasteiger partial charge on any atom is -0.298 e. The molecule has 0 atom stereocenters. The SMILES string of the molecule is CS(=O)(=O)c1ccccc1-c1nccn1-c1ccccc1Cl. The van der Waals surface area contributed by atoms with E-state index in [1.807, 2.05) is 18.2 Å². The maximum absolute atomic E-state index is 12.0. The van der Waals surface area contributed by atoms with E-state index < -0.39 is 9.84 Å². The average Bonchev–Trinajstić information content (AvgIpc) is 2.96. The van der Waals surface area contributed by atoms with Crippen molar-refractivity contribution in [1.29, 1.82) is 0 Å². The van der Waals surface area contributed by atoms with Gasteiger partial charge in [0.15, 0.2) is 9.84 Å². The molecule has 0 saturated heterocycles. The van der Waals surface area contributed by atoms with Crippen LogP contribution in [0.4, 0.5) is 0 Å². The summed E-state index contributed by atoms with van der Waals surface area (Å²) in [6, 6.07) is 14.2. The molecule has 0 amide bonds. The van der Waals surface area contributed by atoms with Crippen molar-refractivity contribution in [1.82, 2.24) is 9.55 Å². The molecule has 0 aliphatic rings. The van der Waals surface area contributed by atoms with Gasteiger partial charge in [0.05, 0.1) is 15.6 Å². The van der Waals surface area contributed by atoms with E-state index in [1.165, 1.54) is 6.26 Å². The second kappa shape index (κ2) is 5.59. The van der Waals surface area contributed by atoms with Gasteiger partial charge in [-0.2, -0.15) is 0 Å². The Labute approximate surface area is 133 Å². The van der Waals surface area contributed by atoms with E-state index in [-0.39, 0.29) is 4.90 Å². The van der Waals surface area contributed by atoms with Crippen LogP contribution in [0.2, 0.25) is 5.02 Å². The average molecular weight is 333 g/mol. The first-order valence-corrected chi connectivity index (χ1v) is 8.83. The Hall–Kier alpha value is -2.11. The Balaban J connectivity index is 2.26. The highest BCUT2D eigenvalue weighted by atomic mass is 35.5. The summed E-state index contributed by atoms with van der Waals surface area (Å²) in [5, 5.41) is 0.568. The number of aromatic nitrogens is 2. The first kappa shape index (κ1) is 14.8. The summed E-state index contributed by atoms with van der Waals surface area (Å²) in [7, 11) is -3.35. The lowest BCUT2D eigenvalue weighted by molar-refractivity contribution is 0.602. The molecule has 4 nitrogen and oxygen atoms in total. The minimum absolute atomic E-state index is 0.245. The van der Waals surface area contributed by atoms with Gasteiger partial charge in [-0.1, -0.05) is 35.9 Å². The molecule has 3 aromatic rings. The van der Waals surface area contributed by atoms with Gasteiger partial charge in [0.25, 0.3) is 0 Å². The lowest BCUT2D eigenvalue weighted by atomic mass is 10.2. The fourth-order valence-corrected chi connectivity index (χ4v) is 3.43. The van der Waals surface area contributed by atoms with Crippen molar-refractivity contribution in [3.63, 3.8) is 0 Å². The number of hydrogen-bond donors (Lipinski definition) is 0. The predicted octanol–water partition coefficient (Wildman–Crippen LogP) is 3.60. The summed E-state index contributed by atoms with van der Waals surface area (Å²) in [6.07, 6.45) is 4.57. The third kappa shape index (κ3) is 2.65. The van der Waals surface area contributed by atoms with Gasteiger partial charge in [-0.05, 0) is 24.3 Å². The van der Waals surface area contributed by atoms with Gasteiger partial charge in [-0.25, -0.2) is 13.4 Å². The van der Waals surface area contributed by atoms with Crippen LogP contribution in [0.25, 0.3) is 17.1 Å². The number of imidazole rings is 1. The summed E-state index contributed by atoms with van der Waals surface area (Å²) in [4.78, 5) is 4.56. The fourth-order valence-electron chi connectivity index (χ4n) is 2.32. The van der Waals surface area contributed by atoms with Gasteiger partial charge in [0.1, 0.15) is 5.82 Å². The topological polar surface area (TPSA) is 52.0 Å². The van der Waals surface area contributed by atoms with Crippen molar-refractivity contribution >= 4 is 21.4 Å². The second-order valence-corrected chi connectivity index (χ2v) is 7.23. The molecule has 0 unspecified atom stereocenters. The Bertz CT molecular complexity index is 933. The van der Waals surface area contributed by atoms with Crippen LogP contribution < -0.4 is 0 Å². The van der Waals surface area contributed by atoms with Crippen LogP contribution in [0, 0.1) is 0 Å². The number of halogens is 1. The molecule has 0 fully saturated rings. The zero-order chi connectivity index (χ0) is 15.7. The number of para-hydroxylation sites is 1. The molecule has 0 saturated carbocycles. The maximum Gasteiger partial charge on any atom is 0.176 e. The van der Waals surface area contributed by atoms with Gasteiger partial charge < -0.3 is 0 Å². The number of sulfone groups is 1. The normalized spacial score (nSPS) is 11.5. The molecule has 22 heavy (non-hydrogen) atoms. The van der Waals surface area contributed by atoms with Gasteiger partial charge in [-0.3, -0.25) is 4.57 Å². The van der Waals surface area contributed by atoms with Crippen LogP contribution in [-0.2, 0) is 9.84 Å². The third-order valence-corrected chi connectivity index (χ3v) is 4.75. The zero-order valence-electron chi connectivity index (χ0n) is 11.8. The van der Waals surface area contributed by atoms with Crippen molar-refractivity contribution in [3.05, 3.63) is 65.9 Å². The molecule has 112 valence electrons. The summed E-state index contributed by atoms with van der Waals surface area (Å²) in [5.41, 5.74) is 1.30. The summed E-state index contributed by atoms with van der Waals surface area (Å²) in [6.45, 7) is 0. The number of rotatable bonds is 3. The van der Waals surface area contributed by atoms with Crippen molar-refractivity contribution in [2.24, 2.45) is 0 Å². The van der Waals surface area contributed by atoms with Crippen LogP contribution in [-0.4, -0.2) is 24.2 Å². The Kier molecular flexibility index (Phi) is 3.76. The highest BCUT2D eigenvalue weighted by Gasteiger charge is 2.18. The minimum atomic E-state index is -3.35. The standard InChI is InChI=1S/C16H13ClN2O2S/c1-22(20,21)15-9-5-2-6-12(15)16-18-10-11-19(16)14-8-4-3-7-13(14)17/h2-11H,1H3. The quantitative estimate of drug-likeness (QED) is 0.736. The lowest BCUT2D eigenvalue weighted by Gasteiger charge is -2.12. The molecule has 0 radical (unpaired) electrons. The van der Waals surface area contributed by atoms with Crippen molar-refractivity contribution in [2.75, 3.05) is 6.26 Å². The summed E-state index contributed by atoms with van der Waals surface area (Å²) in [5.74, 6) is 0.536. The lowest BCUT2D eigenvalue weighted by Crippen LogP contribution is -2.03. The largest absolute Gasteiger partial charge is 0.298 e. The molecule has 0 aliphatic heterocycles. The van der Waals surface area contributed by atoms with E-state index in [9.17, 15) is 8.42 Å².